The summed E-state index contributed by atoms with van der Waals surface area (Å²) in [6.45, 7) is 7.26. The zero-order valence-corrected chi connectivity index (χ0v) is 15.1. The highest BCUT2D eigenvalue weighted by Gasteiger charge is 2.59. The highest BCUT2D eigenvalue weighted by Crippen LogP contribution is 2.53. The van der Waals surface area contributed by atoms with Gasteiger partial charge in [0.2, 0.25) is 5.91 Å². The maximum atomic E-state index is 12.3. The van der Waals surface area contributed by atoms with Crippen LogP contribution in [0.15, 0.2) is 0 Å². The van der Waals surface area contributed by atoms with E-state index in [9.17, 15) is 4.79 Å². The molecule has 2 unspecified atom stereocenters. The number of halogens is 1. The van der Waals surface area contributed by atoms with Crippen LogP contribution in [0.25, 0.3) is 0 Å². The molecule has 1 amide bonds. The second-order valence-electron chi connectivity index (χ2n) is 6.83. The standard InChI is InChI=1S/C16H32N2O2.ClH/c1-15(2)13(12-16(15,3)20-5)18(4)14(19)10-8-6-7-9-11-17;/h13H,6-12,17H2,1-5H3;1H. The number of hydrogen-bond donors (Lipinski definition) is 1. The Morgan fingerprint density at radius 1 is 1.24 bits per heavy atom. The molecular weight excluding hydrogens is 288 g/mol. The first kappa shape index (κ1) is 20.7. The first-order chi connectivity index (χ1) is 9.30. The zero-order chi connectivity index (χ0) is 15.4. The summed E-state index contributed by atoms with van der Waals surface area (Å²) >= 11 is 0. The number of hydrogen-bond acceptors (Lipinski definition) is 3. The van der Waals surface area contributed by atoms with E-state index in [2.05, 4.69) is 20.8 Å². The van der Waals surface area contributed by atoms with Crippen LogP contribution >= 0.6 is 12.4 Å². The van der Waals surface area contributed by atoms with E-state index in [1.807, 2.05) is 11.9 Å². The van der Waals surface area contributed by atoms with Crippen molar-refractivity contribution >= 4 is 18.3 Å². The molecular formula is C16H33ClN2O2. The van der Waals surface area contributed by atoms with Crippen LogP contribution < -0.4 is 5.73 Å². The molecule has 0 aromatic rings. The average Bonchev–Trinajstić information content (AvgIpc) is 2.43. The van der Waals surface area contributed by atoms with Gasteiger partial charge in [0, 0.05) is 32.0 Å². The van der Waals surface area contributed by atoms with E-state index in [-0.39, 0.29) is 35.4 Å². The molecule has 2 atom stereocenters. The van der Waals surface area contributed by atoms with Gasteiger partial charge in [0.15, 0.2) is 0 Å². The van der Waals surface area contributed by atoms with Crippen LogP contribution in [0.1, 0.15) is 59.3 Å². The molecule has 1 fully saturated rings. The van der Waals surface area contributed by atoms with Crippen LogP contribution in [-0.2, 0) is 9.53 Å². The number of rotatable bonds is 8. The highest BCUT2D eigenvalue weighted by atomic mass is 35.5. The molecule has 1 aliphatic rings. The van der Waals surface area contributed by atoms with Gasteiger partial charge in [0.05, 0.1) is 5.60 Å². The fourth-order valence-electron chi connectivity index (χ4n) is 3.20. The van der Waals surface area contributed by atoms with E-state index >= 15 is 0 Å². The van der Waals surface area contributed by atoms with Crippen molar-refractivity contribution in [3.63, 3.8) is 0 Å². The van der Waals surface area contributed by atoms with Gasteiger partial charge >= 0.3 is 0 Å². The molecule has 21 heavy (non-hydrogen) atoms. The first-order valence-electron chi connectivity index (χ1n) is 7.81. The molecule has 1 saturated carbocycles. The van der Waals surface area contributed by atoms with Crippen molar-refractivity contribution in [2.24, 2.45) is 11.1 Å². The topological polar surface area (TPSA) is 55.6 Å². The summed E-state index contributed by atoms with van der Waals surface area (Å²) in [5.74, 6) is 0.258. The van der Waals surface area contributed by atoms with Crippen LogP contribution in [0.2, 0.25) is 0 Å². The minimum absolute atomic E-state index is 0. The molecule has 0 bridgehead atoms. The van der Waals surface area contributed by atoms with Gasteiger partial charge in [0.25, 0.3) is 0 Å². The third kappa shape index (κ3) is 4.33. The lowest BCUT2D eigenvalue weighted by Crippen LogP contribution is -2.68. The highest BCUT2D eigenvalue weighted by molar-refractivity contribution is 5.85. The molecule has 126 valence electrons. The molecule has 0 spiro atoms. The van der Waals surface area contributed by atoms with Gasteiger partial charge in [-0.15, -0.1) is 12.4 Å². The molecule has 0 aliphatic heterocycles. The van der Waals surface area contributed by atoms with Crippen molar-refractivity contribution in [2.75, 3.05) is 20.7 Å². The van der Waals surface area contributed by atoms with E-state index in [4.69, 9.17) is 10.5 Å². The Bertz CT molecular complexity index is 336. The first-order valence-corrected chi connectivity index (χ1v) is 7.81. The summed E-state index contributed by atoms with van der Waals surface area (Å²) in [6, 6.07) is 0.281. The van der Waals surface area contributed by atoms with Crippen molar-refractivity contribution in [3.8, 4) is 0 Å². The Labute approximate surface area is 136 Å². The summed E-state index contributed by atoms with van der Waals surface area (Å²) < 4.78 is 5.62. The van der Waals surface area contributed by atoms with Crippen molar-refractivity contribution in [1.82, 2.24) is 4.90 Å². The predicted molar refractivity (Wildman–Crippen MR) is 89.8 cm³/mol. The smallest absolute Gasteiger partial charge is 0.222 e. The van der Waals surface area contributed by atoms with Gasteiger partial charge < -0.3 is 15.4 Å². The largest absolute Gasteiger partial charge is 0.378 e. The third-order valence-electron chi connectivity index (χ3n) is 5.44. The average molecular weight is 321 g/mol. The lowest BCUT2D eigenvalue weighted by atomic mass is 9.55. The second kappa shape index (κ2) is 8.35. The van der Waals surface area contributed by atoms with Crippen molar-refractivity contribution < 1.29 is 9.53 Å². The van der Waals surface area contributed by atoms with E-state index in [1.165, 1.54) is 0 Å². The Kier molecular flexibility index (Phi) is 8.22. The minimum atomic E-state index is -0.118. The molecule has 0 aromatic carbocycles. The Morgan fingerprint density at radius 3 is 2.29 bits per heavy atom. The van der Waals surface area contributed by atoms with Gasteiger partial charge in [0.1, 0.15) is 0 Å². The molecule has 1 rings (SSSR count). The normalized spacial score (nSPS) is 26.7. The van der Waals surface area contributed by atoms with Gasteiger partial charge in [-0.2, -0.15) is 0 Å². The summed E-state index contributed by atoms with van der Waals surface area (Å²) in [4.78, 5) is 14.2. The number of methoxy groups -OCH3 is 1. The molecule has 5 heteroatoms. The van der Waals surface area contributed by atoms with Crippen LogP contribution in [0, 0.1) is 5.41 Å². The maximum absolute atomic E-state index is 12.3. The molecule has 0 heterocycles. The zero-order valence-electron chi connectivity index (χ0n) is 14.3. The second-order valence-corrected chi connectivity index (χ2v) is 6.83. The third-order valence-corrected chi connectivity index (χ3v) is 5.44. The van der Waals surface area contributed by atoms with Crippen LogP contribution in [-0.4, -0.2) is 43.2 Å². The van der Waals surface area contributed by atoms with E-state index < -0.39 is 0 Å². The quantitative estimate of drug-likeness (QED) is 0.699. The summed E-state index contributed by atoms with van der Waals surface area (Å²) in [5.41, 5.74) is 5.35. The fourth-order valence-corrected chi connectivity index (χ4v) is 3.20. The number of ether oxygens (including phenoxy) is 1. The van der Waals surface area contributed by atoms with Crippen molar-refractivity contribution in [2.45, 2.75) is 70.9 Å². The fraction of sp³-hybridized carbons (Fsp3) is 0.938. The van der Waals surface area contributed by atoms with E-state index in [1.54, 1.807) is 7.11 Å². The molecule has 2 N–H and O–H groups in total. The van der Waals surface area contributed by atoms with Gasteiger partial charge in [-0.3, -0.25) is 4.79 Å². The van der Waals surface area contributed by atoms with Crippen molar-refractivity contribution in [3.05, 3.63) is 0 Å². The number of carbonyl (C=O) groups excluding carboxylic acids is 1. The predicted octanol–water partition coefficient (Wildman–Crippen LogP) is 2.98. The molecule has 4 nitrogen and oxygen atoms in total. The van der Waals surface area contributed by atoms with Crippen LogP contribution in [0.4, 0.5) is 0 Å². The minimum Gasteiger partial charge on any atom is -0.378 e. The summed E-state index contributed by atoms with van der Waals surface area (Å²) in [6.07, 6.45) is 5.83. The number of carbonyl (C=O) groups is 1. The Balaban J connectivity index is 0.00000400. The SMILES string of the molecule is COC1(C)CC(N(C)C(=O)CCCCCCN)C1(C)C.Cl. The summed E-state index contributed by atoms with van der Waals surface area (Å²) in [5, 5.41) is 0. The van der Waals surface area contributed by atoms with Crippen LogP contribution in [0.3, 0.4) is 0 Å². The molecule has 1 aliphatic carbocycles. The molecule has 0 radical (unpaired) electrons. The number of nitrogens with zero attached hydrogens (tertiary/aromatic N) is 1. The number of nitrogens with two attached hydrogens (primary N) is 1. The lowest BCUT2D eigenvalue weighted by Gasteiger charge is -2.61. The maximum Gasteiger partial charge on any atom is 0.222 e. The van der Waals surface area contributed by atoms with Crippen molar-refractivity contribution in [1.29, 1.82) is 0 Å². The Morgan fingerprint density at radius 2 is 1.81 bits per heavy atom. The van der Waals surface area contributed by atoms with E-state index in [0.29, 0.717) is 6.42 Å². The van der Waals surface area contributed by atoms with Crippen LogP contribution in [0.5, 0.6) is 0 Å². The Hall–Kier alpha value is -0.320. The monoisotopic (exact) mass is 320 g/mol. The number of amides is 1. The molecule has 0 aromatic heterocycles. The van der Waals surface area contributed by atoms with Gasteiger partial charge in [-0.25, -0.2) is 0 Å². The van der Waals surface area contributed by atoms with Gasteiger partial charge in [-0.1, -0.05) is 26.7 Å². The molecule has 0 saturated heterocycles. The number of unbranched alkanes of at least 4 members (excludes halogenated alkanes) is 3. The van der Waals surface area contributed by atoms with E-state index in [0.717, 1.165) is 38.6 Å². The van der Waals surface area contributed by atoms with Gasteiger partial charge in [-0.05, 0) is 32.7 Å². The summed E-state index contributed by atoms with van der Waals surface area (Å²) in [7, 11) is 3.70. The lowest BCUT2D eigenvalue weighted by molar-refractivity contribution is -0.207.